The van der Waals surface area contributed by atoms with Crippen LogP contribution >= 0.6 is 0 Å². The van der Waals surface area contributed by atoms with E-state index in [1.807, 2.05) is 30.3 Å². The zero-order valence-electron chi connectivity index (χ0n) is 19.8. The maximum Gasteiger partial charge on any atom is 0.328 e. The number of amides is 2. The van der Waals surface area contributed by atoms with Crippen LogP contribution in [0.15, 0.2) is 30.3 Å². The van der Waals surface area contributed by atoms with Gasteiger partial charge in [-0.25, -0.2) is 4.79 Å². The number of nitrogens with zero attached hydrogens (tertiary/aromatic N) is 1. The lowest BCUT2D eigenvalue weighted by Crippen LogP contribution is -2.43. The molecule has 0 aliphatic carbocycles. The lowest BCUT2D eigenvalue weighted by Gasteiger charge is -2.20. The average molecular weight is 448 g/mol. The fraction of sp³-hybridized carbons (Fsp3) is 0.640. The van der Waals surface area contributed by atoms with Gasteiger partial charge in [0.15, 0.2) is 0 Å². The number of unbranched alkanes of at least 4 members (excludes halogenated alkanes) is 6. The van der Waals surface area contributed by atoms with Gasteiger partial charge in [-0.2, -0.15) is 0 Å². The van der Waals surface area contributed by atoms with Crippen molar-refractivity contribution in [2.24, 2.45) is 5.73 Å². The fourth-order valence-corrected chi connectivity index (χ4v) is 3.36. The Bertz CT molecular complexity index is 666. The van der Waals surface area contributed by atoms with Gasteiger partial charge >= 0.3 is 5.97 Å². The molecule has 1 aromatic carbocycles. The van der Waals surface area contributed by atoms with Gasteiger partial charge in [-0.05, 0) is 18.4 Å². The molecule has 1 unspecified atom stereocenters. The van der Waals surface area contributed by atoms with Gasteiger partial charge in [-0.3, -0.25) is 9.59 Å². The zero-order valence-corrected chi connectivity index (χ0v) is 19.8. The van der Waals surface area contributed by atoms with Gasteiger partial charge in [0.2, 0.25) is 11.8 Å². The van der Waals surface area contributed by atoms with Crippen molar-refractivity contribution < 1.29 is 19.1 Å². The highest BCUT2D eigenvalue weighted by Gasteiger charge is 2.24. The number of carbonyl (C=O) groups excluding carboxylic acids is 3. The molecule has 1 rings (SSSR count). The van der Waals surface area contributed by atoms with Crippen LogP contribution in [-0.2, 0) is 25.7 Å². The summed E-state index contributed by atoms with van der Waals surface area (Å²) in [6.07, 6.45) is 8.54. The second-order valence-electron chi connectivity index (χ2n) is 8.23. The molecule has 1 atom stereocenters. The molecule has 0 saturated heterocycles. The molecule has 0 fully saturated rings. The zero-order chi connectivity index (χ0) is 23.6. The molecule has 7 nitrogen and oxygen atoms in total. The van der Waals surface area contributed by atoms with Crippen LogP contribution in [0.3, 0.4) is 0 Å². The monoisotopic (exact) mass is 447 g/mol. The molecular weight excluding hydrogens is 406 g/mol. The highest BCUT2D eigenvalue weighted by atomic mass is 16.5. The van der Waals surface area contributed by atoms with E-state index in [1.54, 1.807) is 7.05 Å². The summed E-state index contributed by atoms with van der Waals surface area (Å²) in [5, 5.41) is 2.78. The van der Waals surface area contributed by atoms with Crippen LogP contribution in [0.5, 0.6) is 0 Å². The number of hydrogen-bond donors (Lipinski definition) is 2. The maximum atomic E-state index is 12.7. The summed E-state index contributed by atoms with van der Waals surface area (Å²) in [6.45, 7) is 3.15. The van der Waals surface area contributed by atoms with E-state index in [0.29, 0.717) is 19.5 Å². The first-order chi connectivity index (χ1) is 15.5. The minimum Gasteiger partial charge on any atom is -0.459 e. The Balaban J connectivity index is 2.53. The maximum absolute atomic E-state index is 12.7. The first-order valence-electron chi connectivity index (χ1n) is 11.9. The van der Waals surface area contributed by atoms with E-state index < -0.39 is 12.0 Å². The van der Waals surface area contributed by atoms with Crippen LogP contribution in [0.2, 0.25) is 0 Å². The van der Waals surface area contributed by atoms with Gasteiger partial charge in [0, 0.05) is 33.0 Å². The summed E-state index contributed by atoms with van der Waals surface area (Å²) in [5.74, 6) is -0.809. The van der Waals surface area contributed by atoms with Crippen molar-refractivity contribution in [1.29, 1.82) is 0 Å². The van der Waals surface area contributed by atoms with Crippen molar-refractivity contribution >= 4 is 17.8 Å². The summed E-state index contributed by atoms with van der Waals surface area (Å²) in [5.41, 5.74) is 6.37. The summed E-state index contributed by atoms with van der Waals surface area (Å²) in [6, 6.07) is 8.53. The van der Waals surface area contributed by atoms with Crippen molar-refractivity contribution in [1.82, 2.24) is 10.2 Å². The molecule has 0 radical (unpaired) electrons. The van der Waals surface area contributed by atoms with E-state index in [4.69, 9.17) is 10.5 Å². The van der Waals surface area contributed by atoms with Crippen LogP contribution in [-0.4, -0.2) is 48.9 Å². The number of rotatable bonds is 17. The molecule has 0 aliphatic rings. The Hall–Kier alpha value is -2.41. The molecule has 0 bridgehead atoms. The van der Waals surface area contributed by atoms with Crippen LogP contribution in [0.25, 0.3) is 0 Å². The van der Waals surface area contributed by atoms with E-state index in [1.165, 1.54) is 30.6 Å². The molecule has 0 aliphatic heterocycles. The predicted molar refractivity (Wildman–Crippen MR) is 127 cm³/mol. The van der Waals surface area contributed by atoms with E-state index in [2.05, 4.69) is 12.2 Å². The van der Waals surface area contributed by atoms with Crippen molar-refractivity contribution in [3.05, 3.63) is 35.9 Å². The number of hydrogen-bond acceptors (Lipinski definition) is 5. The van der Waals surface area contributed by atoms with Crippen LogP contribution in [0, 0.1) is 0 Å². The number of nitrogens with two attached hydrogens (primary N) is 1. The largest absolute Gasteiger partial charge is 0.459 e. The van der Waals surface area contributed by atoms with Gasteiger partial charge in [0.25, 0.3) is 0 Å². The first-order valence-corrected chi connectivity index (χ1v) is 11.9. The Morgan fingerprint density at radius 1 is 1.00 bits per heavy atom. The lowest BCUT2D eigenvalue weighted by atomic mass is 10.1. The van der Waals surface area contributed by atoms with Gasteiger partial charge in [-0.1, -0.05) is 75.8 Å². The van der Waals surface area contributed by atoms with Gasteiger partial charge in [0.05, 0.1) is 0 Å². The third-order valence-corrected chi connectivity index (χ3v) is 5.39. The molecule has 0 aromatic heterocycles. The number of likely N-dealkylation sites (N-methyl/N-ethyl adjacent to an activating group) is 1. The molecule has 7 heteroatoms. The molecule has 0 saturated carbocycles. The van der Waals surface area contributed by atoms with E-state index in [9.17, 15) is 14.4 Å². The normalized spacial score (nSPS) is 11.6. The topological polar surface area (TPSA) is 102 Å². The Kier molecular flexibility index (Phi) is 14.8. The Labute approximate surface area is 193 Å². The third-order valence-electron chi connectivity index (χ3n) is 5.39. The van der Waals surface area contributed by atoms with Crippen LogP contribution in [0.1, 0.15) is 76.7 Å². The minimum absolute atomic E-state index is 0.113. The number of ether oxygens (including phenoxy) is 1. The van der Waals surface area contributed by atoms with Gasteiger partial charge in [-0.15, -0.1) is 0 Å². The second kappa shape index (κ2) is 17.2. The van der Waals surface area contributed by atoms with Crippen LogP contribution in [0.4, 0.5) is 0 Å². The summed E-state index contributed by atoms with van der Waals surface area (Å²) in [7, 11) is 1.68. The van der Waals surface area contributed by atoms with Gasteiger partial charge < -0.3 is 20.7 Å². The molecule has 32 heavy (non-hydrogen) atoms. The van der Waals surface area contributed by atoms with E-state index in [-0.39, 0.29) is 31.3 Å². The summed E-state index contributed by atoms with van der Waals surface area (Å²) in [4.78, 5) is 38.9. The molecule has 0 spiro atoms. The molecule has 2 amide bonds. The van der Waals surface area contributed by atoms with E-state index in [0.717, 1.165) is 24.8 Å². The number of benzene rings is 1. The van der Waals surface area contributed by atoms with Crippen molar-refractivity contribution in [3.8, 4) is 0 Å². The molecule has 3 N–H and O–H groups in total. The average Bonchev–Trinajstić information content (AvgIpc) is 2.80. The smallest absolute Gasteiger partial charge is 0.328 e. The number of esters is 1. The molecular formula is C25H41N3O4. The van der Waals surface area contributed by atoms with E-state index >= 15 is 0 Å². The highest BCUT2D eigenvalue weighted by molar-refractivity contribution is 5.85. The van der Waals surface area contributed by atoms with Crippen molar-refractivity contribution in [2.75, 3.05) is 20.1 Å². The van der Waals surface area contributed by atoms with Crippen molar-refractivity contribution in [3.63, 3.8) is 0 Å². The SMILES string of the molecule is CCCCCCCCCC(=O)NC(CCC(=O)N(C)CCN)C(=O)OCc1ccccc1. The lowest BCUT2D eigenvalue weighted by molar-refractivity contribution is -0.149. The Morgan fingerprint density at radius 3 is 2.31 bits per heavy atom. The number of carbonyl (C=O) groups is 3. The Morgan fingerprint density at radius 2 is 1.66 bits per heavy atom. The molecule has 180 valence electrons. The summed E-state index contributed by atoms with van der Waals surface area (Å²) >= 11 is 0. The minimum atomic E-state index is -0.842. The quantitative estimate of drug-likeness (QED) is 0.281. The van der Waals surface area contributed by atoms with Crippen molar-refractivity contribution in [2.45, 2.75) is 83.8 Å². The third kappa shape index (κ3) is 12.4. The predicted octanol–water partition coefficient (Wildman–Crippen LogP) is 3.55. The standard InChI is InChI=1S/C25H41N3O4/c1-3-4-5-6-7-8-12-15-23(29)27-22(16-17-24(30)28(2)19-18-26)25(31)32-20-21-13-10-9-11-14-21/h9-11,13-14,22H,3-8,12,15-20,26H2,1-2H3,(H,27,29). The highest BCUT2D eigenvalue weighted by Crippen LogP contribution is 2.10. The molecule has 0 heterocycles. The van der Waals surface area contributed by atoms with Crippen LogP contribution < -0.4 is 11.1 Å². The van der Waals surface area contributed by atoms with Gasteiger partial charge in [0.1, 0.15) is 12.6 Å². The fourth-order valence-electron chi connectivity index (χ4n) is 3.36. The molecule has 1 aromatic rings. The second-order valence-corrected chi connectivity index (χ2v) is 8.23. The number of nitrogens with one attached hydrogen (secondary N) is 1. The summed E-state index contributed by atoms with van der Waals surface area (Å²) < 4.78 is 5.41. The first kappa shape index (κ1) is 27.6.